The van der Waals surface area contributed by atoms with Gasteiger partial charge < -0.3 is 5.32 Å². The highest BCUT2D eigenvalue weighted by molar-refractivity contribution is 5.90. The molecule has 2 nitrogen and oxygen atoms in total. The first kappa shape index (κ1) is 12.2. The van der Waals surface area contributed by atoms with Gasteiger partial charge in [0.15, 0.2) is 0 Å². The molecular formula is C14H18FNO. The van der Waals surface area contributed by atoms with E-state index in [1.807, 2.05) is 13.0 Å². The van der Waals surface area contributed by atoms with E-state index in [0.29, 0.717) is 24.8 Å². The minimum Gasteiger partial charge on any atom is -0.317 e. The van der Waals surface area contributed by atoms with Crippen molar-refractivity contribution in [1.29, 1.82) is 0 Å². The van der Waals surface area contributed by atoms with Crippen LogP contribution < -0.4 is 5.32 Å². The Morgan fingerprint density at radius 3 is 2.59 bits per heavy atom. The first-order valence-electron chi connectivity index (χ1n) is 6.20. The molecule has 0 bridgehead atoms. The average molecular weight is 235 g/mol. The second-order valence-electron chi connectivity index (χ2n) is 4.59. The van der Waals surface area contributed by atoms with Crippen LogP contribution in [-0.2, 0) is 10.2 Å². The van der Waals surface area contributed by atoms with Crippen LogP contribution in [0.5, 0.6) is 0 Å². The Hall–Kier alpha value is -1.22. The number of nitrogens with one attached hydrogen (secondary N) is 1. The number of carbonyl (C=O) groups is 1. The lowest BCUT2D eigenvalue weighted by Gasteiger charge is -2.36. The normalized spacial score (nSPS) is 18.9. The molecule has 3 heteroatoms. The van der Waals surface area contributed by atoms with Crippen LogP contribution in [0.25, 0.3) is 0 Å². The van der Waals surface area contributed by atoms with E-state index in [4.69, 9.17) is 0 Å². The molecule has 1 N–H and O–H groups in total. The van der Waals surface area contributed by atoms with E-state index in [9.17, 15) is 9.18 Å². The topological polar surface area (TPSA) is 29.1 Å². The third kappa shape index (κ3) is 2.12. The summed E-state index contributed by atoms with van der Waals surface area (Å²) in [4.78, 5) is 12.2. The second kappa shape index (κ2) is 4.96. The quantitative estimate of drug-likeness (QED) is 0.871. The molecule has 0 unspecified atom stereocenters. The minimum atomic E-state index is -0.606. The van der Waals surface area contributed by atoms with Crippen molar-refractivity contribution < 1.29 is 9.18 Å². The molecule has 1 fully saturated rings. The molecule has 17 heavy (non-hydrogen) atoms. The SMILES string of the molecule is CCC(=O)C1(c2ccccc2F)CCNCC1. The number of Topliss-reactive ketones (excluding diaryl/α,β-unsaturated/α-hetero) is 1. The molecule has 0 radical (unpaired) electrons. The van der Waals surface area contributed by atoms with Gasteiger partial charge in [0.05, 0.1) is 5.41 Å². The molecule has 0 amide bonds. The van der Waals surface area contributed by atoms with Crippen LogP contribution in [0.3, 0.4) is 0 Å². The fraction of sp³-hybridized carbons (Fsp3) is 0.500. The summed E-state index contributed by atoms with van der Waals surface area (Å²) in [5.74, 6) is -0.0969. The number of piperidine rings is 1. The molecule has 0 atom stereocenters. The summed E-state index contributed by atoms with van der Waals surface area (Å²) in [6, 6.07) is 6.69. The van der Waals surface area contributed by atoms with Gasteiger partial charge in [0.1, 0.15) is 11.6 Å². The Balaban J connectivity index is 2.46. The van der Waals surface area contributed by atoms with Crippen LogP contribution >= 0.6 is 0 Å². The summed E-state index contributed by atoms with van der Waals surface area (Å²) in [7, 11) is 0. The Morgan fingerprint density at radius 2 is 2.00 bits per heavy atom. The van der Waals surface area contributed by atoms with Gasteiger partial charge in [0.25, 0.3) is 0 Å². The highest BCUT2D eigenvalue weighted by atomic mass is 19.1. The van der Waals surface area contributed by atoms with E-state index >= 15 is 0 Å². The molecular weight excluding hydrogens is 217 g/mol. The van der Waals surface area contributed by atoms with Crippen LogP contribution in [-0.4, -0.2) is 18.9 Å². The van der Waals surface area contributed by atoms with Crippen molar-refractivity contribution in [1.82, 2.24) is 5.32 Å². The standard InChI is InChI=1S/C14H18FNO/c1-2-13(17)14(7-9-16-10-8-14)11-5-3-4-6-12(11)15/h3-6,16H,2,7-10H2,1H3. The second-order valence-corrected chi connectivity index (χ2v) is 4.59. The Morgan fingerprint density at radius 1 is 1.35 bits per heavy atom. The molecule has 1 aromatic carbocycles. The monoisotopic (exact) mass is 235 g/mol. The molecule has 2 rings (SSSR count). The van der Waals surface area contributed by atoms with Crippen LogP contribution in [0.15, 0.2) is 24.3 Å². The number of rotatable bonds is 3. The summed E-state index contributed by atoms with van der Waals surface area (Å²) in [5.41, 5.74) is -0.0286. The molecule has 1 aliphatic heterocycles. The third-order valence-corrected chi connectivity index (χ3v) is 3.70. The van der Waals surface area contributed by atoms with E-state index < -0.39 is 5.41 Å². The van der Waals surface area contributed by atoms with Crippen LogP contribution in [0, 0.1) is 5.82 Å². The molecule has 1 heterocycles. The van der Waals surface area contributed by atoms with E-state index in [1.54, 1.807) is 12.1 Å². The summed E-state index contributed by atoms with van der Waals surface area (Å²) in [6.45, 7) is 3.41. The van der Waals surface area contributed by atoms with Gasteiger partial charge in [-0.15, -0.1) is 0 Å². The Bertz CT molecular complexity index is 410. The number of carbonyl (C=O) groups excluding carboxylic acids is 1. The smallest absolute Gasteiger partial charge is 0.143 e. The van der Waals surface area contributed by atoms with Crippen molar-refractivity contribution >= 4 is 5.78 Å². The van der Waals surface area contributed by atoms with Crippen LogP contribution in [0.4, 0.5) is 4.39 Å². The molecule has 0 spiro atoms. The largest absolute Gasteiger partial charge is 0.317 e. The van der Waals surface area contributed by atoms with Gasteiger partial charge in [-0.25, -0.2) is 4.39 Å². The first-order valence-corrected chi connectivity index (χ1v) is 6.20. The lowest BCUT2D eigenvalue weighted by Crippen LogP contribution is -2.45. The molecule has 1 aliphatic rings. The average Bonchev–Trinajstić information content (AvgIpc) is 2.39. The van der Waals surface area contributed by atoms with Gasteiger partial charge in [0.2, 0.25) is 0 Å². The Labute approximate surface area is 101 Å². The minimum absolute atomic E-state index is 0.157. The number of hydrogen-bond donors (Lipinski definition) is 1. The Kier molecular flexibility index (Phi) is 3.57. The highest BCUT2D eigenvalue weighted by Crippen LogP contribution is 2.36. The van der Waals surface area contributed by atoms with E-state index in [-0.39, 0.29) is 11.6 Å². The van der Waals surface area contributed by atoms with Crippen molar-refractivity contribution in [2.45, 2.75) is 31.6 Å². The maximum atomic E-state index is 13.9. The van der Waals surface area contributed by atoms with E-state index in [2.05, 4.69) is 5.32 Å². The maximum Gasteiger partial charge on any atom is 0.143 e. The van der Waals surface area contributed by atoms with Gasteiger partial charge in [-0.3, -0.25) is 4.79 Å². The zero-order valence-corrected chi connectivity index (χ0v) is 10.1. The molecule has 0 aliphatic carbocycles. The van der Waals surface area contributed by atoms with Crippen molar-refractivity contribution in [3.8, 4) is 0 Å². The predicted octanol–water partition coefficient (Wildman–Crippen LogP) is 2.43. The highest BCUT2D eigenvalue weighted by Gasteiger charge is 2.41. The van der Waals surface area contributed by atoms with Crippen molar-refractivity contribution in [3.63, 3.8) is 0 Å². The summed E-state index contributed by atoms with van der Waals surface area (Å²) < 4.78 is 13.9. The van der Waals surface area contributed by atoms with Gasteiger partial charge in [-0.05, 0) is 32.0 Å². The van der Waals surface area contributed by atoms with Gasteiger partial charge in [0, 0.05) is 12.0 Å². The summed E-state index contributed by atoms with van der Waals surface area (Å²) in [6.07, 6.45) is 1.86. The summed E-state index contributed by atoms with van der Waals surface area (Å²) in [5, 5.41) is 3.23. The summed E-state index contributed by atoms with van der Waals surface area (Å²) >= 11 is 0. The van der Waals surface area contributed by atoms with E-state index in [0.717, 1.165) is 13.1 Å². The predicted molar refractivity (Wildman–Crippen MR) is 65.5 cm³/mol. The third-order valence-electron chi connectivity index (χ3n) is 3.70. The fourth-order valence-corrected chi connectivity index (χ4v) is 2.74. The van der Waals surface area contributed by atoms with Crippen molar-refractivity contribution in [3.05, 3.63) is 35.6 Å². The molecule has 1 saturated heterocycles. The van der Waals surface area contributed by atoms with Crippen molar-refractivity contribution in [2.75, 3.05) is 13.1 Å². The van der Waals surface area contributed by atoms with Crippen molar-refractivity contribution in [2.24, 2.45) is 0 Å². The van der Waals surface area contributed by atoms with Crippen LogP contribution in [0.2, 0.25) is 0 Å². The zero-order valence-electron chi connectivity index (χ0n) is 10.1. The number of hydrogen-bond acceptors (Lipinski definition) is 2. The van der Waals surface area contributed by atoms with Gasteiger partial charge in [-0.1, -0.05) is 25.1 Å². The zero-order chi connectivity index (χ0) is 12.3. The number of halogens is 1. The number of benzene rings is 1. The lowest BCUT2D eigenvalue weighted by molar-refractivity contribution is -0.125. The maximum absolute atomic E-state index is 13.9. The fourth-order valence-electron chi connectivity index (χ4n) is 2.74. The number of ketones is 1. The van der Waals surface area contributed by atoms with Crippen LogP contribution in [0.1, 0.15) is 31.7 Å². The van der Waals surface area contributed by atoms with Gasteiger partial charge in [-0.2, -0.15) is 0 Å². The molecule has 1 aromatic rings. The molecule has 92 valence electrons. The van der Waals surface area contributed by atoms with Gasteiger partial charge >= 0.3 is 0 Å². The first-order chi connectivity index (χ1) is 8.20. The van der Waals surface area contributed by atoms with E-state index in [1.165, 1.54) is 6.07 Å². The lowest BCUT2D eigenvalue weighted by atomic mass is 9.69. The molecule has 0 aromatic heterocycles. The molecule has 0 saturated carbocycles.